The van der Waals surface area contributed by atoms with Gasteiger partial charge in [-0.25, -0.2) is 0 Å². The largest absolute Gasteiger partial charge is 0.393 e. The van der Waals surface area contributed by atoms with Gasteiger partial charge in [-0.15, -0.1) is 0 Å². The molecule has 0 bridgehead atoms. The Balaban J connectivity index is 1.43. The third-order valence-corrected chi connectivity index (χ3v) is 11.7. The van der Waals surface area contributed by atoms with E-state index in [1.165, 1.54) is 0 Å². The van der Waals surface area contributed by atoms with Crippen LogP contribution >= 0.6 is 0 Å². The molecule has 4 fully saturated rings. The molecular weight excluding hydrogens is 470 g/mol. The van der Waals surface area contributed by atoms with Gasteiger partial charge in [0.15, 0.2) is 0 Å². The summed E-state index contributed by atoms with van der Waals surface area (Å²) in [5, 5.41) is 35.8. The summed E-state index contributed by atoms with van der Waals surface area (Å²) < 4.78 is 30.5. The Morgan fingerprint density at radius 1 is 1.06 bits per heavy atom. The predicted octanol–water partition coefficient (Wildman–Crippen LogP) is 2.37. The SMILES string of the molecule is CC(CCC(=O)NCCS(=O)(=O)O)C1CC[C@H]2[C@@H]3C(O)C[C@@H]4CC(O)CC[C@]4(C)[C@H]3CC(O)[C@]12C. The first-order valence-electron chi connectivity index (χ1n) is 13.5. The van der Waals surface area contributed by atoms with Crippen molar-refractivity contribution in [3.05, 3.63) is 0 Å². The zero-order valence-electron chi connectivity index (χ0n) is 21.4. The molecular formula is C26H45NO7S. The minimum Gasteiger partial charge on any atom is -0.393 e. The number of carbonyl (C=O) groups excluding carboxylic acids is 1. The number of hydrogen-bond acceptors (Lipinski definition) is 6. The average molecular weight is 516 g/mol. The second kappa shape index (κ2) is 9.86. The topological polar surface area (TPSA) is 144 Å². The number of rotatable bonds is 7. The normalized spacial score (nSPS) is 46.3. The molecule has 35 heavy (non-hydrogen) atoms. The van der Waals surface area contributed by atoms with Crippen molar-refractivity contribution in [2.45, 2.75) is 96.9 Å². The van der Waals surface area contributed by atoms with Gasteiger partial charge in [0.05, 0.1) is 24.1 Å². The fourth-order valence-electron chi connectivity index (χ4n) is 9.10. The lowest BCUT2D eigenvalue weighted by Gasteiger charge is -2.63. The van der Waals surface area contributed by atoms with Crippen molar-refractivity contribution in [1.82, 2.24) is 5.32 Å². The minimum absolute atomic E-state index is 0.0509. The van der Waals surface area contributed by atoms with Gasteiger partial charge in [-0.05, 0) is 97.7 Å². The van der Waals surface area contributed by atoms with E-state index in [0.29, 0.717) is 18.8 Å². The number of aliphatic hydroxyl groups excluding tert-OH is 3. The standard InChI is InChI=1S/C26H45NO7S/c1-15(4-7-23(31)27-10-11-35(32,33)34)18-5-6-19-24-20(14-22(30)26(18,19)3)25(2)9-8-17(28)12-16(25)13-21(24)29/h15-22,24,28-30H,4-14H2,1-3H3,(H,27,31)(H,32,33,34)/t15?,16-,17?,18?,19-,20-,21?,22?,24-,25-,26+/m0/s1. The lowest BCUT2D eigenvalue weighted by atomic mass is 9.43. The molecule has 1 amide bonds. The zero-order chi connectivity index (χ0) is 25.8. The Morgan fingerprint density at radius 3 is 2.46 bits per heavy atom. The number of carbonyl (C=O) groups is 1. The molecule has 0 saturated heterocycles. The van der Waals surface area contributed by atoms with Crippen LogP contribution in [0.1, 0.15) is 78.6 Å². The monoisotopic (exact) mass is 515 g/mol. The van der Waals surface area contributed by atoms with Crippen LogP contribution in [-0.4, -0.2) is 64.8 Å². The van der Waals surface area contributed by atoms with Gasteiger partial charge < -0.3 is 20.6 Å². The second-order valence-corrected chi connectivity index (χ2v) is 14.2. The highest BCUT2D eigenvalue weighted by Crippen LogP contribution is 2.68. The van der Waals surface area contributed by atoms with Crippen molar-refractivity contribution in [1.29, 1.82) is 0 Å². The summed E-state index contributed by atoms with van der Waals surface area (Å²) in [7, 11) is -4.10. The third kappa shape index (κ3) is 5.05. The first-order chi connectivity index (χ1) is 16.3. The molecule has 0 heterocycles. The molecule has 11 atom stereocenters. The van der Waals surface area contributed by atoms with Crippen molar-refractivity contribution < 1.29 is 33.1 Å². The lowest BCUT2D eigenvalue weighted by Crippen LogP contribution is -2.62. The van der Waals surface area contributed by atoms with Crippen LogP contribution in [0.2, 0.25) is 0 Å². The maximum Gasteiger partial charge on any atom is 0.266 e. The smallest absolute Gasteiger partial charge is 0.266 e. The fraction of sp³-hybridized carbons (Fsp3) is 0.962. The summed E-state index contributed by atoms with van der Waals surface area (Å²) in [6.07, 6.45) is 5.67. The number of fused-ring (bicyclic) bond motifs is 5. The van der Waals surface area contributed by atoms with Crippen LogP contribution in [-0.2, 0) is 14.9 Å². The first kappa shape index (κ1) is 27.3. The van der Waals surface area contributed by atoms with Crippen molar-refractivity contribution in [2.75, 3.05) is 12.3 Å². The maximum absolute atomic E-state index is 12.2. The Hall–Kier alpha value is -0.740. The summed E-state index contributed by atoms with van der Waals surface area (Å²) in [5.74, 6) is 0.705. The van der Waals surface area contributed by atoms with E-state index in [0.717, 1.165) is 38.5 Å². The van der Waals surface area contributed by atoms with Gasteiger partial charge in [-0.2, -0.15) is 8.42 Å². The highest BCUT2D eigenvalue weighted by molar-refractivity contribution is 7.85. The molecule has 0 aliphatic heterocycles. The van der Waals surface area contributed by atoms with E-state index in [-0.39, 0.29) is 65.4 Å². The molecule has 0 aromatic heterocycles. The number of hydrogen-bond donors (Lipinski definition) is 5. The van der Waals surface area contributed by atoms with E-state index < -0.39 is 28.1 Å². The highest BCUT2D eigenvalue weighted by Gasteiger charge is 2.65. The summed E-state index contributed by atoms with van der Waals surface area (Å²) in [6, 6.07) is 0. The van der Waals surface area contributed by atoms with Crippen LogP contribution < -0.4 is 5.32 Å². The Bertz CT molecular complexity index is 896. The molecule has 9 heteroatoms. The summed E-state index contributed by atoms with van der Waals surface area (Å²) in [6.45, 7) is 6.56. The van der Waals surface area contributed by atoms with Gasteiger partial charge in [0, 0.05) is 13.0 Å². The van der Waals surface area contributed by atoms with Gasteiger partial charge in [0.2, 0.25) is 5.91 Å². The van der Waals surface area contributed by atoms with Crippen molar-refractivity contribution in [2.24, 2.45) is 46.3 Å². The van der Waals surface area contributed by atoms with Crippen LogP contribution in [0.4, 0.5) is 0 Å². The number of aliphatic hydroxyl groups is 3. The summed E-state index contributed by atoms with van der Waals surface area (Å²) in [4.78, 5) is 12.2. The maximum atomic E-state index is 12.2. The van der Waals surface area contributed by atoms with Crippen molar-refractivity contribution in [3.8, 4) is 0 Å². The molecule has 8 nitrogen and oxygen atoms in total. The molecule has 5 unspecified atom stereocenters. The number of nitrogens with one attached hydrogen (secondary N) is 1. The van der Waals surface area contributed by atoms with E-state index in [1.807, 2.05) is 0 Å². The molecule has 0 radical (unpaired) electrons. The molecule has 0 aromatic carbocycles. The third-order valence-electron chi connectivity index (χ3n) is 11.0. The van der Waals surface area contributed by atoms with Crippen LogP contribution in [0, 0.1) is 46.3 Å². The highest BCUT2D eigenvalue weighted by atomic mass is 32.2. The molecule has 4 saturated carbocycles. The molecule has 4 rings (SSSR count). The van der Waals surface area contributed by atoms with Gasteiger partial charge in [0.25, 0.3) is 10.1 Å². The molecule has 0 aromatic rings. The molecule has 202 valence electrons. The van der Waals surface area contributed by atoms with Crippen LogP contribution in [0.5, 0.6) is 0 Å². The summed E-state index contributed by atoms with van der Waals surface area (Å²) in [5.41, 5.74) is -0.254. The Kier molecular flexibility index (Phi) is 7.69. The molecule has 5 N–H and O–H groups in total. The fourth-order valence-corrected chi connectivity index (χ4v) is 9.46. The van der Waals surface area contributed by atoms with Gasteiger partial charge in [0.1, 0.15) is 0 Å². The number of amides is 1. The Labute approximate surface area is 210 Å². The lowest BCUT2D eigenvalue weighted by molar-refractivity contribution is -0.207. The van der Waals surface area contributed by atoms with Crippen LogP contribution in [0.25, 0.3) is 0 Å². The van der Waals surface area contributed by atoms with Gasteiger partial charge in [-0.3, -0.25) is 9.35 Å². The molecule has 4 aliphatic carbocycles. The zero-order valence-corrected chi connectivity index (χ0v) is 22.2. The van der Waals surface area contributed by atoms with Crippen LogP contribution in [0.3, 0.4) is 0 Å². The van der Waals surface area contributed by atoms with Gasteiger partial charge in [-0.1, -0.05) is 20.8 Å². The van der Waals surface area contributed by atoms with E-state index in [1.54, 1.807) is 0 Å². The van der Waals surface area contributed by atoms with E-state index in [4.69, 9.17) is 4.55 Å². The quantitative estimate of drug-likeness (QED) is 0.327. The van der Waals surface area contributed by atoms with E-state index in [2.05, 4.69) is 26.1 Å². The second-order valence-electron chi connectivity index (χ2n) is 12.7. The molecule has 0 spiro atoms. The minimum atomic E-state index is -4.10. The summed E-state index contributed by atoms with van der Waals surface area (Å²) >= 11 is 0. The van der Waals surface area contributed by atoms with Crippen LogP contribution in [0.15, 0.2) is 0 Å². The first-order valence-corrected chi connectivity index (χ1v) is 15.1. The van der Waals surface area contributed by atoms with Crippen molar-refractivity contribution in [3.63, 3.8) is 0 Å². The van der Waals surface area contributed by atoms with Gasteiger partial charge >= 0.3 is 0 Å². The Morgan fingerprint density at radius 2 is 1.77 bits per heavy atom. The average Bonchev–Trinajstić information content (AvgIpc) is 3.12. The molecule has 4 aliphatic rings. The predicted molar refractivity (Wildman–Crippen MR) is 132 cm³/mol. The van der Waals surface area contributed by atoms with E-state index >= 15 is 0 Å². The van der Waals surface area contributed by atoms with Crippen molar-refractivity contribution >= 4 is 16.0 Å². The van der Waals surface area contributed by atoms with E-state index in [9.17, 15) is 28.5 Å².